The van der Waals surface area contributed by atoms with Gasteiger partial charge in [0.2, 0.25) is 0 Å². The molecule has 0 aromatic heterocycles. The number of benzene rings is 1. The normalized spacial score (nSPS) is 18.0. The van der Waals surface area contributed by atoms with Gasteiger partial charge in [0.1, 0.15) is 0 Å². The maximum Gasteiger partial charge on any atom is 0.0536 e. The van der Waals surface area contributed by atoms with Crippen LogP contribution < -0.4 is 5.32 Å². The first-order valence-electron chi connectivity index (χ1n) is 13.5. The Kier molecular flexibility index (Phi) is 10.8. The van der Waals surface area contributed by atoms with E-state index in [-0.39, 0.29) is 0 Å². The molecule has 2 atom stereocenters. The molecule has 0 saturated heterocycles. The van der Waals surface area contributed by atoms with Gasteiger partial charge in [-0.15, -0.1) is 0 Å². The van der Waals surface area contributed by atoms with E-state index < -0.39 is 0 Å². The Hall–Kier alpha value is -2.28. The first-order valence-corrected chi connectivity index (χ1v) is 13.5. The topological polar surface area (TPSA) is 12.0 Å². The summed E-state index contributed by atoms with van der Waals surface area (Å²) in [5, 5.41) is 4.03. The number of hydrogen-bond donors (Lipinski definition) is 1. The second kappa shape index (κ2) is 14.1. The first kappa shape index (κ1) is 25.3. The number of nitrogens with one attached hydrogen (secondary N) is 1. The van der Waals surface area contributed by atoms with Crippen LogP contribution in [0.15, 0.2) is 77.9 Å². The summed E-state index contributed by atoms with van der Waals surface area (Å²) >= 11 is 0. The van der Waals surface area contributed by atoms with Gasteiger partial charge in [-0.05, 0) is 86.5 Å². The lowest BCUT2D eigenvalue weighted by Crippen LogP contribution is -2.35. The lowest BCUT2D eigenvalue weighted by atomic mass is 9.88. The summed E-state index contributed by atoms with van der Waals surface area (Å²) in [6.07, 6.45) is 29.7. The van der Waals surface area contributed by atoms with Crippen molar-refractivity contribution in [2.75, 3.05) is 0 Å². The zero-order valence-corrected chi connectivity index (χ0v) is 21.3. The molecule has 178 valence electrons. The summed E-state index contributed by atoms with van der Waals surface area (Å²) in [5.74, 6) is 0.586. The molecule has 1 aromatic rings. The summed E-state index contributed by atoms with van der Waals surface area (Å²) in [7, 11) is 0. The average Bonchev–Trinajstić information content (AvgIpc) is 2.88. The summed E-state index contributed by atoms with van der Waals surface area (Å²) in [4.78, 5) is 0. The molecule has 0 aliphatic heterocycles. The summed E-state index contributed by atoms with van der Waals surface area (Å²) in [5.41, 5.74) is 7.08. The van der Waals surface area contributed by atoms with Gasteiger partial charge in [-0.3, -0.25) is 0 Å². The molecule has 1 heteroatoms. The van der Waals surface area contributed by atoms with Crippen LogP contribution in [0.5, 0.6) is 0 Å². The van der Waals surface area contributed by atoms with Crippen LogP contribution in [0, 0.1) is 5.92 Å². The molecule has 0 spiro atoms. The van der Waals surface area contributed by atoms with Gasteiger partial charge in [0.15, 0.2) is 0 Å². The van der Waals surface area contributed by atoms with Gasteiger partial charge in [0.05, 0.1) is 6.04 Å². The van der Waals surface area contributed by atoms with Gasteiger partial charge < -0.3 is 5.32 Å². The minimum atomic E-state index is 0.362. The van der Waals surface area contributed by atoms with Crippen molar-refractivity contribution in [3.63, 3.8) is 0 Å². The van der Waals surface area contributed by atoms with E-state index in [1.165, 1.54) is 85.8 Å². The Morgan fingerprint density at radius 1 is 0.970 bits per heavy atom. The van der Waals surface area contributed by atoms with Crippen LogP contribution in [0.4, 0.5) is 0 Å². The van der Waals surface area contributed by atoms with Crippen LogP contribution in [-0.2, 0) is 6.42 Å². The fourth-order valence-corrected chi connectivity index (χ4v) is 4.76. The van der Waals surface area contributed by atoms with Gasteiger partial charge in [0.25, 0.3) is 0 Å². The molecule has 0 fully saturated rings. The molecule has 0 bridgehead atoms. The fourth-order valence-electron chi connectivity index (χ4n) is 4.76. The zero-order valence-electron chi connectivity index (χ0n) is 21.3. The predicted molar refractivity (Wildman–Crippen MR) is 146 cm³/mol. The molecular weight excluding hydrogens is 398 g/mol. The van der Waals surface area contributed by atoms with Gasteiger partial charge in [-0.2, -0.15) is 0 Å². The standard InChI is InChI=1S/C32H45N/c1-4-6-16-28-20-15-23-30(25-28)31(24-14-13-19-27-17-9-7-10-18-27)33-32(26(3)5-2)29-21-11-8-12-22-29/h9,11,15,17-18,20-26,32-33H,4-8,10,12-14,16,19H2,1-3H3/b31-24-. The van der Waals surface area contributed by atoms with Crippen molar-refractivity contribution in [1.29, 1.82) is 0 Å². The molecule has 3 rings (SSSR count). The van der Waals surface area contributed by atoms with Crippen LogP contribution in [0.1, 0.15) is 96.1 Å². The highest BCUT2D eigenvalue weighted by Crippen LogP contribution is 2.26. The number of hydrogen-bond acceptors (Lipinski definition) is 1. The highest BCUT2D eigenvalue weighted by atomic mass is 14.9. The van der Waals surface area contributed by atoms with Gasteiger partial charge in [0, 0.05) is 5.70 Å². The molecule has 1 nitrogen and oxygen atoms in total. The molecule has 0 saturated carbocycles. The van der Waals surface area contributed by atoms with E-state index in [4.69, 9.17) is 0 Å². The van der Waals surface area contributed by atoms with E-state index in [2.05, 4.69) is 92.9 Å². The SMILES string of the molecule is CCCCc1cccc(/C(=C/CCCC2=CCCC=C2)NC(C2=CCCC=C2)C(C)CC)c1. The Labute approximate surface area is 203 Å². The number of rotatable bonds is 13. The maximum absolute atomic E-state index is 4.03. The molecule has 0 heterocycles. The second-order valence-electron chi connectivity index (χ2n) is 9.76. The lowest BCUT2D eigenvalue weighted by Gasteiger charge is -2.29. The van der Waals surface area contributed by atoms with E-state index in [0.29, 0.717) is 12.0 Å². The molecule has 33 heavy (non-hydrogen) atoms. The van der Waals surface area contributed by atoms with Crippen LogP contribution in [0.2, 0.25) is 0 Å². The number of allylic oxidation sites excluding steroid dienone is 7. The molecular formula is C32H45N. The Morgan fingerprint density at radius 2 is 1.79 bits per heavy atom. The molecule has 2 unspecified atom stereocenters. The van der Waals surface area contributed by atoms with Crippen LogP contribution in [0.3, 0.4) is 0 Å². The number of aryl methyl sites for hydroxylation is 1. The van der Waals surface area contributed by atoms with Gasteiger partial charge in [-0.25, -0.2) is 0 Å². The largest absolute Gasteiger partial charge is 0.378 e. The van der Waals surface area contributed by atoms with E-state index in [0.717, 1.165) is 12.8 Å². The van der Waals surface area contributed by atoms with Crippen LogP contribution in [-0.4, -0.2) is 6.04 Å². The minimum absolute atomic E-state index is 0.362. The summed E-state index contributed by atoms with van der Waals surface area (Å²) in [6, 6.07) is 9.60. The van der Waals surface area contributed by atoms with Crippen molar-refractivity contribution in [2.45, 2.75) is 97.4 Å². The summed E-state index contributed by atoms with van der Waals surface area (Å²) < 4.78 is 0. The van der Waals surface area contributed by atoms with Crippen molar-refractivity contribution in [3.8, 4) is 0 Å². The third kappa shape index (κ3) is 8.22. The Bertz CT molecular complexity index is 880. The minimum Gasteiger partial charge on any atom is -0.378 e. The quantitative estimate of drug-likeness (QED) is 0.300. The molecule has 0 amide bonds. The highest BCUT2D eigenvalue weighted by Gasteiger charge is 2.21. The molecule has 2 aliphatic rings. The van der Waals surface area contributed by atoms with Crippen molar-refractivity contribution in [3.05, 3.63) is 89.1 Å². The van der Waals surface area contributed by atoms with Crippen molar-refractivity contribution < 1.29 is 0 Å². The van der Waals surface area contributed by atoms with E-state index in [9.17, 15) is 0 Å². The molecule has 0 radical (unpaired) electrons. The smallest absolute Gasteiger partial charge is 0.0536 e. The molecule has 1 N–H and O–H groups in total. The third-order valence-electron chi connectivity index (χ3n) is 7.05. The average molecular weight is 444 g/mol. The number of unbranched alkanes of at least 4 members (excludes halogenated alkanes) is 2. The first-order chi connectivity index (χ1) is 16.2. The highest BCUT2D eigenvalue weighted by molar-refractivity contribution is 5.65. The van der Waals surface area contributed by atoms with Crippen molar-refractivity contribution in [2.24, 2.45) is 5.92 Å². The monoisotopic (exact) mass is 443 g/mol. The van der Waals surface area contributed by atoms with Crippen molar-refractivity contribution in [1.82, 2.24) is 5.32 Å². The van der Waals surface area contributed by atoms with E-state index in [1.807, 2.05) is 0 Å². The van der Waals surface area contributed by atoms with Gasteiger partial charge >= 0.3 is 0 Å². The molecule has 1 aromatic carbocycles. The van der Waals surface area contributed by atoms with E-state index in [1.54, 1.807) is 0 Å². The third-order valence-corrected chi connectivity index (χ3v) is 7.05. The Morgan fingerprint density at radius 3 is 2.48 bits per heavy atom. The predicted octanol–water partition coefficient (Wildman–Crippen LogP) is 9.10. The van der Waals surface area contributed by atoms with Crippen molar-refractivity contribution >= 4 is 5.70 Å². The van der Waals surface area contributed by atoms with E-state index >= 15 is 0 Å². The maximum atomic E-state index is 4.03. The lowest BCUT2D eigenvalue weighted by molar-refractivity contribution is 0.452. The zero-order chi connectivity index (χ0) is 23.3. The fraction of sp³-hybridized carbons (Fsp3) is 0.500. The van der Waals surface area contributed by atoms with Gasteiger partial charge in [-0.1, -0.05) is 99.9 Å². The van der Waals surface area contributed by atoms with Crippen LogP contribution in [0.25, 0.3) is 5.70 Å². The Balaban J connectivity index is 1.80. The molecule has 2 aliphatic carbocycles. The van der Waals surface area contributed by atoms with Crippen LogP contribution >= 0.6 is 0 Å². The summed E-state index contributed by atoms with van der Waals surface area (Å²) in [6.45, 7) is 6.97. The second-order valence-corrected chi connectivity index (χ2v) is 9.76.